The van der Waals surface area contributed by atoms with Gasteiger partial charge in [-0.1, -0.05) is 23.7 Å². The molecule has 3 aromatic carbocycles. The second-order valence-electron chi connectivity index (χ2n) is 7.78. The van der Waals surface area contributed by atoms with Gasteiger partial charge in [0.2, 0.25) is 0 Å². The molecule has 1 aliphatic rings. The lowest BCUT2D eigenvalue weighted by Crippen LogP contribution is -2.36. The van der Waals surface area contributed by atoms with Crippen molar-refractivity contribution < 1.29 is 23.4 Å². The molecule has 0 radical (unpaired) electrons. The van der Waals surface area contributed by atoms with E-state index in [9.17, 15) is 9.18 Å². The molecular formula is C27H25ClFNO4. The fraction of sp³-hybridized carbons (Fsp3) is 0.222. The van der Waals surface area contributed by atoms with Crippen LogP contribution in [0.3, 0.4) is 0 Å². The average Bonchev–Trinajstić information content (AvgIpc) is 2.88. The van der Waals surface area contributed by atoms with E-state index >= 15 is 0 Å². The van der Waals surface area contributed by atoms with Crippen molar-refractivity contribution in [1.29, 1.82) is 0 Å². The number of benzene rings is 3. The first-order valence-electron chi connectivity index (χ1n) is 10.9. The Hall–Kier alpha value is -3.35. The molecule has 0 bridgehead atoms. The van der Waals surface area contributed by atoms with Crippen LogP contribution in [-0.4, -0.2) is 39.2 Å². The lowest BCUT2D eigenvalue weighted by Gasteiger charge is -2.28. The summed E-state index contributed by atoms with van der Waals surface area (Å²) < 4.78 is 29.9. The molecule has 0 saturated carbocycles. The second kappa shape index (κ2) is 11.2. The van der Waals surface area contributed by atoms with Crippen LogP contribution < -0.4 is 14.4 Å². The molecule has 1 saturated heterocycles. The second-order valence-corrected chi connectivity index (χ2v) is 8.19. The van der Waals surface area contributed by atoms with Gasteiger partial charge in [0.05, 0.1) is 25.3 Å². The van der Waals surface area contributed by atoms with E-state index in [2.05, 4.69) is 4.90 Å². The van der Waals surface area contributed by atoms with Gasteiger partial charge in [0.25, 0.3) is 0 Å². The molecule has 7 heteroatoms. The molecule has 5 nitrogen and oxygen atoms in total. The van der Waals surface area contributed by atoms with Gasteiger partial charge in [-0.3, -0.25) is 4.79 Å². The number of anilines is 1. The van der Waals surface area contributed by atoms with E-state index in [-0.39, 0.29) is 17.4 Å². The van der Waals surface area contributed by atoms with Gasteiger partial charge in [-0.05, 0) is 60.2 Å². The molecule has 0 unspecified atom stereocenters. The summed E-state index contributed by atoms with van der Waals surface area (Å²) in [4.78, 5) is 14.9. The Labute approximate surface area is 203 Å². The van der Waals surface area contributed by atoms with Crippen molar-refractivity contribution in [3.8, 4) is 11.5 Å². The highest BCUT2D eigenvalue weighted by molar-refractivity contribution is 6.30. The number of morpholine rings is 1. The Balaban J connectivity index is 1.42. The van der Waals surface area contributed by atoms with Gasteiger partial charge in [-0.15, -0.1) is 0 Å². The molecular weight excluding hydrogens is 457 g/mol. The van der Waals surface area contributed by atoms with Crippen LogP contribution in [0.4, 0.5) is 10.1 Å². The van der Waals surface area contributed by atoms with Gasteiger partial charge in [-0.2, -0.15) is 0 Å². The van der Waals surface area contributed by atoms with Crippen LogP contribution in [0.2, 0.25) is 5.02 Å². The van der Waals surface area contributed by atoms with Crippen LogP contribution in [0.15, 0.2) is 66.7 Å². The zero-order chi connectivity index (χ0) is 23.9. The van der Waals surface area contributed by atoms with Crippen molar-refractivity contribution in [3.63, 3.8) is 0 Å². The van der Waals surface area contributed by atoms with Crippen LogP contribution in [-0.2, 0) is 11.3 Å². The van der Waals surface area contributed by atoms with Crippen molar-refractivity contribution in [2.24, 2.45) is 0 Å². The number of ketones is 1. The topological polar surface area (TPSA) is 48.0 Å². The molecule has 0 aromatic heterocycles. The number of hydrogen-bond acceptors (Lipinski definition) is 5. The summed E-state index contributed by atoms with van der Waals surface area (Å²) in [6.07, 6.45) is 3.31. The first-order valence-corrected chi connectivity index (χ1v) is 11.3. The van der Waals surface area contributed by atoms with E-state index in [0.717, 1.165) is 43.1 Å². The van der Waals surface area contributed by atoms with E-state index in [1.165, 1.54) is 18.2 Å². The Kier molecular flexibility index (Phi) is 7.83. The Morgan fingerprint density at radius 2 is 1.85 bits per heavy atom. The Morgan fingerprint density at radius 3 is 2.56 bits per heavy atom. The molecule has 3 aromatic rings. The smallest absolute Gasteiger partial charge is 0.185 e. The summed E-state index contributed by atoms with van der Waals surface area (Å²) in [6.45, 7) is 3.34. The van der Waals surface area contributed by atoms with Gasteiger partial charge >= 0.3 is 0 Å². The predicted molar refractivity (Wildman–Crippen MR) is 132 cm³/mol. The number of ether oxygens (including phenoxy) is 3. The third-order valence-corrected chi connectivity index (χ3v) is 5.83. The maximum Gasteiger partial charge on any atom is 0.185 e. The average molecular weight is 482 g/mol. The van der Waals surface area contributed by atoms with E-state index in [1.807, 2.05) is 42.5 Å². The molecule has 0 spiro atoms. The molecule has 0 amide bonds. The fourth-order valence-electron chi connectivity index (χ4n) is 3.67. The number of hydrogen-bond donors (Lipinski definition) is 0. The zero-order valence-corrected chi connectivity index (χ0v) is 19.6. The van der Waals surface area contributed by atoms with Crippen molar-refractivity contribution >= 4 is 29.1 Å². The predicted octanol–water partition coefficient (Wildman–Crippen LogP) is 5.80. The molecule has 0 aliphatic carbocycles. The van der Waals surface area contributed by atoms with E-state index < -0.39 is 5.82 Å². The van der Waals surface area contributed by atoms with Gasteiger partial charge in [-0.25, -0.2) is 4.39 Å². The molecule has 1 fully saturated rings. The summed E-state index contributed by atoms with van der Waals surface area (Å²) in [6, 6.07) is 17.4. The maximum absolute atomic E-state index is 13.4. The normalized spacial score (nSPS) is 13.8. The quantitative estimate of drug-likeness (QED) is 0.300. The third-order valence-electron chi connectivity index (χ3n) is 5.55. The van der Waals surface area contributed by atoms with Crippen LogP contribution in [0.5, 0.6) is 11.5 Å². The lowest BCUT2D eigenvalue weighted by molar-refractivity contribution is 0.104. The number of halogens is 2. The Bertz CT molecular complexity index is 1170. The lowest BCUT2D eigenvalue weighted by atomic mass is 10.1. The molecule has 4 rings (SSSR count). The van der Waals surface area contributed by atoms with Crippen LogP contribution in [0.25, 0.3) is 6.08 Å². The fourth-order valence-corrected chi connectivity index (χ4v) is 3.84. The molecule has 1 heterocycles. The van der Waals surface area contributed by atoms with Gasteiger partial charge in [0.1, 0.15) is 23.9 Å². The molecule has 1 aliphatic heterocycles. The highest BCUT2D eigenvalue weighted by Crippen LogP contribution is 2.25. The van der Waals surface area contributed by atoms with Crippen molar-refractivity contribution in [2.75, 3.05) is 38.3 Å². The number of allylic oxidation sites excluding steroid dienone is 1. The number of methoxy groups -OCH3 is 1. The van der Waals surface area contributed by atoms with Gasteiger partial charge < -0.3 is 19.1 Å². The SMILES string of the molecule is COc1ccc(/C=C/C(=O)c2ccc(N3CCOCC3)cc2)cc1COc1ccc(F)c(Cl)c1. The monoisotopic (exact) mass is 481 g/mol. The first-order chi connectivity index (χ1) is 16.5. The zero-order valence-electron chi connectivity index (χ0n) is 18.8. The molecule has 0 N–H and O–H groups in total. The van der Waals surface area contributed by atoms with Crippen molar-refractivity contribution in [2.45, 2.75) is 6.61 Å². The first kappa shape index (κ1) is 23.8. The van der Waals surface area contributed by atoms with E-state index in [4.69, 9.17) is 25.8 Å². The summed E-state index contributed by atoms with van der Waals surface area (Å²) in [5.41, 5.74) is 3.33. The van der Waals surface area contributed by atoms with E-state index in [1.54, 1.807) is 19.3 Å². The highest BCUT2D eigenvalue weighted by atomic mass is 35.5. The third kappa shape index (κ3) is 5.95. The Morgan fingerprint density at radius 1 is 1.09 bits per heavy atom. The highest BCUT2D eigenvalue weighted by Gasteiger charge is 2.12. The summed E-state index contributed by atoms with van der Waals surface area (Å²) in [5.74, 6) is 0.516. The molecule has 176 valence electrons. The van der Waals surface area contributed by atoms with Crippen molar-refractivity contribution in [1.82, 2.24) is 0 Å². The number of nitrogens with zero attached hydrogens (tertiary/aromatic N) is 1. The minimum atomic E-state index is -0.501. The van der Waals surface area contributed by atoms with Crippen LogP contribution >= 0.6 is 11.6 Å². The summed E-state index contributed by atoms with van der Waals surface area (Å²) in [7, 11) is 1.58. The van der Waals surface area contributed by atoms with Crippen LogP contribution in [0, 0.1) is 5.82 Å². The molecule has 34 heavy (non-hydrogen) atoms. The molecule has 0 atom stereocenters. The largest absolute Gasteiger partial charge is 0.496 e. The summed E-state index contributed by atoms with van der Waals surface area (Å²) in [5, 5.41) is -0.00219. The summed E-state index contributed by atoms with van der Waals surface area (Å²) >= 11 is 5.82. The van der Waals surface area contributed by atoms with Gasteiger partial charge in [0.15, 0.2) is 5.78 Å². The minimum absolute atomic E-state index is 0.00219. The minimum Gasteiger partial charge on any atom is -0.496 e. The van der Waals surface area contributed by atoms with Crippen molar-refractivity contribution in [3.05, 3.63) is 94.3 Å². The maximum atomic E-state index is 13.4. The number of carbonyl (C=O) groups is 1. The number of carbonyl (C=O) groups excluding carboxylic acids is 1. The van der Waals surface area contributed by atoms with Crippen LogP contribution in [0.1, 0.15) is 21.5 Å². The van der Waals surface area contributed by atoms with E-state index in [0.29, 0.717) is 17.1 Å². The van der Waals surface area contributed by atoms with Gasteiger partial charge in [0, 0.05) is 36.0 Å². The number of rotatable bonds is 8. The standard InChI is InChI=1S/C27H25ClFNO4/c1-32-27-11-3-19(16-21(27)18-34-23-8-9-25(29)24(28)17-23)2-10-26(31)20-4-6-22(7-5-20)30-12-14-33-15-13-30/h2-11,16-17H,12-15,18H2,1H3/b10-2+.